The Hall–Kier alpha value is -3.03. The zero-order valence-electron chi connectivity index (χ0n) is 16.8. The Morgan fingerprint density at radius 3 is 2.83 bits per heavy atom. The molecule has 1 atom stereocenters. The maximum atomic E-state index is 12.3. The Morgan fingerprint density at radius 1 is 1.13 bits per heavy atom. The van der Waals surface area contributed by atoms with Gasteiger partial charge in [0.05, 0.1) is 17.7 Å². The summed E-state index contributed by atoms with van der Waals surface area (Å²) in [5, 5.41) is 14.6. The van der Waals surface area contributed by atoms with Gasteiger partial charge in [-0.25, -0.2) is 5.10 Å². The molecule has 0 bridgehead atoms. The number of H-pyrrole nitrogens is 1. The lowest BCUT2D eigenvalue weighted by Gasteiger charge is -2.10. The number of anilines is 1. The smallest absolute Gasteiger partial charge is 0.272 e. The van der Waals surface area contributed by atoms with Gasteiger partial charge >= 0.3 is 0 Å². The maximum Gasteiger partial charge on any atom is 0.272 e. The number of nitrogens with one attached hydrogen (secondary N) is 3. The van der Waals surface area contributed by atoms with E-state index in [0.29, 0.717) is 23.5 Å². The molecule has 1 aliphatic rings. The summed E-state index contributed by atoms with van der Waals surface area (Å²) >= 11 is 0. The summed E-state index contributed by atoms with van der Waals surface area (Å²) in [5.41, 5.74) is 2.02. The second-order valence-electron chi connectivity index (χ2n) is 7.55. The molecule has 2 heterocycles. The van der Waals surface area contributed by atoms with Gasteiger partial charge in [0.15, 0.2) is 0 Å². The van der Waals surface area contributed by atoms with E-state index in [0.717, 1.165) is 55.7 Å². The minimum Gasteiger partial charge on any atom is -0.380 e. The monoisotopic (exact) mass is 406 g/mol. The van der Waals surface area contributed by atoms with Crippen molar-refractivity contribution < 1.29 is 9.53 Å². The molecule has 1 fully saturated rings. The first-order chi connectivity index (χ1) is 14.7. The molecule has 3 N–H and O–H groups in total. The summed E-state index contributed by atoms with van der Waals surface area (Å²) in [4.78, 5) is 24.3. The number of carbonyl (C=O) groups is 1. The Kier molecular flexibility index (Phi) is 6.51. The normalized spacial score (nSPS) is 16.1. The van der Waals surface area contributed by atoms with Gasteiger partial charge in [-0.05, 0) is 44.0 Å². The van der Waals surface area contributed by atoms with Gasteiger partial charge in [0.25, 0.3) is 5.56 Å². The zero-order valence-corrected chi connectivity index (χ0v) is 16.8. The third kappa shape index (κ3) is 4.93. The second-order valence-corrected chi connectivity index (χ2v) is 7.55. The quantitative estimate of drug-likeness (QED) is 0.500. The number of hydrogen-bond donors (Lipinski definition) is 3. The molecule has 0 spiro atoms. The molecule has 30 heavy (non-hydrogen) atoms. The SMILES string of the molecule is O=C(CCCCN[C@H]1CCOC1)Nc1cccc(-c2n[nH]c(=O)c3ccccc23)c1. The van der Waals surface area contributed by atoms with Gasteiger partial charge in [-0.1, -0.05) is 30.3 Å². The van der Waals surface area contributed by atoms with Crippen LogP contribution in [0.25, 0.3) is 22.0 Å². The van der Waals surface area contributed by atoms with Crippen LogP contribution in [0.5, 0.6) is 0 Å². The molecule has 7 heteroatoms. The lowest BCUT2D eigenvalue weighted by molar-refractivity contribution is -0.116. The Labute approximate surface area is 174 Å². The Balaban J connectivity index is 1.35. The molecule has 4 rings (SSSR count). The van der Waals surface area contributed by atoms with Gasteiger partial charge in [-0.15, -0.1) is 0 Å². The summed E-state index contributed by atoms with van der Waals surface area (Å²) in [6, 6.07) is 15.4. The number of ether oxygens (including phenoxy) is 1. The van der Waals surface area contributed by atoms with Crippen molar-refractivity contribution in [3.63, 3.8) is 0 Å². The fourth-order valence-corrected chi connectivity index (χ4v) is 3.71. The first-order valence-electron chi connectivity index (χ1n) is 10.4. The first-order valence-corrected chi connectivity index (χ1v) is 10.4. The van der Waals surface area contributed by atoms with Crippen molar-refractivity contribution in [2.75, 3.05) is 25.1 Å². The minimum absolute atomic E-state index is 0.00404. The second kappa shape index (κ2) is 9.65. The first kappa shape index (κ1) is 20.3. The molecule has 1 amide bonds. The molecule has 0 radical (unpaired) electrons. The topological polar surface area (TPSA) is 96.1 Å². The standard InChI is InChI=1S/C23H26N4O3/c28-21(10-3-4-12-24-18-11-13-30-15-18)25-17-7-5-6-16(14-17)22-19-8-1-2-9-20(19)23(29)27-26-22/h1-2,5-9,14,18,24H,3-4,10-13,15H2,(H,25,28)(H,27,29)/t18-/m0/s1. The van der Waals surface area contributed by atoms with E-state index < -0.39 is 0 Å². The van der Waals surface area contributed by atoms with Crippen molar-refractivity contribution in [2.24, 2.45) is 0 Å². The van der Waals surface area contributed by atoms with Crippen LogP contribution in [0.3, 0.4) is 0 Å². The van der Waals surface area contributed by atoms with Crippen LogP contribution in [0.4, 0.5) is 5.69 Å². The number of rotatable bonds is 8. The van der Waals surface area contributed by atoms with Crippen LogP contribution in [0, 0.1) is 0 Å². The van der Waals surface area contributed by atoms with Gasteiger partial charge < -0.3 is 15.4 Å². The van der Waals surface area contributed by atoms with E-state index in [-0.39, 0.29) is 11.5 Å². The van der Waals surface area contributed by atoms with E-state index in [1.807, 2.05) is 42.5 Å². The van der Waals surface area contributed by atoms with E-state index in [1.165, 1.54) is 0 Å². The van der Waals surface area contributed by atoms with E-state index in [1.54, 1.807) is 6.07 Å². The molecule has 1 aromatic heterocycles. The Morgan fingerprint density at radius 2 is 2.00 bits per heavy atom. The summed E-state index contributed by atoms with van der Waals surface area (Å²) in [7, 11) is 0. The molecule has 156 valence electrons. The number of fused-ring (bicyclic) bond motifs is 1. The fraction of sp³-hybridized carbons (Fsp3) is 0.348. The van der Waals surface area contributed by atoms with Crippen molar-refractivity contribution in [2.45, 2.75) is 31.7 Å². The summed E-state index contributed by atoms with van der Waals surface area (Å²) in [6.07, 6.45) is 3.33. The zero-order chi connectivity index (χ0) is 20.8. The van der Waals surface area contributed by atoms with Crippen LogP contribution < -0.4 is 16.2 Å². The summed E-state index contributed by atoms with van der Waals surface area (Å²) in [5.74, 6) is -0.00404. The van der Waals surface area contributed by atoms with E-state index in [4.69, 9.17) is 4.74 Å². The van der Waals surface area contributed by atoms with Crippen LogP contribution in [0.15, 0.2) is 53.3 Å². The Bertz CT molecular complexity index is 1070. The highest BCUT2D eigenvalue weighted by Crippen LogP contribution is 2.26. The lowest BCUT2D eigenvalue weighted by Crippen LogP contribution is -2.30. The van der Waals surface area contributed by atoms with E-state index in [2.05, 4.69) is 20.8 Å². The highest BCUT2D eigenvalue weighted by molar-refractivity contribution is 5.95. The highest BCUT2D eigenvalue weighted by atomic mass is 16.5. The van der Waals surface area contributed by atoms with Crippen molar-refractivity contribution in [3.8, 4) is 11.3 Å². The lowest BCUT2D eigenvalue weighted by atomic mass is 10.0. The third-order valence-electron chi connectivity index (χ3n) is 5.31. The summed E-state index contributed by atoms with van der Waals surface area (Å²) in [6.45, 7) is 2.53. The molecule has 1 aliphatic heterocycles. The number of unbranched alkanes of at least 4 members (excludes halogenated alkanes) is 1. The van der Waals surface area contributed by atoms with Crippen molar-refractivity contribution in [1.82, 2.24) is 15.5 Å². The number of aromatic nitrogens is 2. The molecule has 0 aliphatic carbocycles. The van der Waals surface area contributed by atoms with Crippen molar-refractivity contribution in [1.29, 1.82) is 0 Å². The number of carbonyl (C=O) groups excluding carboxylic acids is 1. The molecule has 1 saturated heterocycles. The van der Waals surface area contributed by atoms with Gasteiger partial charge in [0, 0.05) is 35.7 Å². The predicted octanol–water partition coefficient (Wildman–Crippen LogP) is 3.08. The van der Waals surface area contributed by atoms with Gasteiger partial charge in [-0.3, -0.25) is 9.59 Å². The number of hydrogen-bond acceptors (Lipinski definition) is 5. The van der Waals surface area contributed by atoms with Crippen molar-refractivity contribution >= 4 is 22.4 Å². The molecule has 2 aromatic carbocycles. The number of amides is 1. The van der Waals surface area contributed by atoms with E-state index >= 15 is 0 Å². The van der Waals surface area contributed by atoms with E-state index in [9.17, 15) is 9.59 Å². The van der Waals surface area contributed by atoms with Crippen LogP contribution in [0.2, 0.25) is 0 Å². The molecule has 7 nitrogen and oxygen atoms in total. The largest absolute Gasteiger partial charge is 0.380 e. The fourth-order valence-electron chi connectivity index (χ4n) is 3.71. The van der Waals surface area contributed by atoms with Gasteiger partial charge in [-0.2, -0.15) is 5.10 Å². The highest BCUT2D eigenvalue weighted by Gasteiger charge is 2.14. The van der Waals surface area contributed by atoms with Gasteiger partial charge in [0.2, 0.25) is 5.91 Å². The molecule has 3 aromatic rings. The molecule has 0 unspecified atom stereocenters. The number of benzene rings is 2. The predicted molar refractivity (Wildman–Crippen MR) is 118 cm³/mol. The van der Waals surface area contributed by atoms with Crippen LogP contribution in [-0.4, -0.2) is 41.9 Å². The average Bonchev–Trinajstić information content (AvgIpc) is 3.28. The van der Waals surface area contributed by atoms with Crippen LogP contribution in [0.1, 0.15) is 25.7 Å². The number of aromatic amines is 1. The molecular formula is C23H26N4O3. The average molecular weight is 406 g/mol. The third-order valence-corrected chi connectivity index (χ3v) is 5.31. The minimum atomic E-state index is -0.214. The van der Waals surface area contributed by atoms with Crippen molar-refractivity contribution in [3.05, 3.63) is 58.9 Å². The molecular weight excluding hydrogens is 380 g/mol. The number of nitrogens with zero attached hydrogens (tertiary/aromatic N) is 1. The summed E-state index contributed by atoms with van der Waals surface area (Å²) < 4.78 is 5.34. The maximum absolute atomic E-state index is 12.3. The van der Waals surface area contributed by atoms with Crippen LogP contribution in [-0.2, 0) is 9.53 Å². The van der Waals surface area contributed by atoms with Crippen LogP contribution >= 0.6 is 0 Å². The van der Waals surface area contributed by atoms with Gasteiger partial charge in [0.1, 0.15) is 0 Å². The molecule has 0 saturated carbocycles.